The normalized spacial score (nSPS) is 12.8. The van der Waals surface area contributed by atoms with E-state index in [2.05, 4.69) is 118 Å². The van der Waals surface area contributed by atoms with Gasteiger partial charge in [0.25, 0.3) is 0 Å². The Morgan fingerprint density at radius 1 is 0.288 bits per heavy atom. The number of unbranched alkanes of at least 4 members (excludes halogenated alkanes) is 28. The minimum absolute atomic E-state index is 0.106. The van der Waals surface area contributed by atoms with Crippen molar-refractivity contribution >= 4 is 17.9 Å². The number of carbonyl (C=O) groups is 3. The average molecular weight is 1020 g/mol. The van der Waals surface area contributed by atoms with E-state index in [4.69, 9.17) is 14.2 Å². The van der Waals surface area contributed by atoms with Crippen molar-refractivity contribution in [2.75, 3.05) is 13.2 Å². The first kappa shape index (κ1) is 69.3. The van der Waals surface area contributed by atoms with Gasteiger partial charge < -0.3 is 14.2 Å². The lowest BCUT2D eigenvalue weighted by molar-refractivity contribution is -0.167. The molecule has 0 saturated carbocycles. The van der Waals surface area contributed by atoms with Crippen LogP contribution in [0, 0.1) is 0 Å². The maximum Gasteiger partial charge on any atom is 0.306 e. The molecule has 0 aliphatic carbocycles. The van der Waals surface area contributed by atoms with Crippen molar-refractivity contribution in [3.63, 3.8) is 0 Å². The molecule has 0 spiro atoms. The first-order chi connectivity index (χ1) is 36.0. The van der Waals surface area contributed by atoms with Gasteiger partial charge in [0, 0.05) is 19.3 Å². The van der Waals surface area contributed by atoms with E-state index in [1.54, 1.807) is 0 Å². The van der Waals surface area contributed by atoms with Crippen LogP contribution in [0.3, 0.4) is 0 Å². The Morgan fingerprint density at radius 3 is 0.904 bits per heavy atom. The fraction of sp³-hybridized carbons (Fsp3) is 0.716. The molecular weight excluding hydrogens is 901 g/mol. The number of hydrogen-bond donors (Lipinski definition) is 0. The topological polar surface area (TPSA) is 78.9 Å². The van der Waals surface area contributed by atoms with Crippen LogP contribution in [0.1, 0.15) is 290 Å². The number of esters is 3. The summed E-state index contributed by atoms with van der Waals surface area (Å²) in [6, 6.07) is 0. The predicted molar refractivity (Wildman–Crippen MR) is 316 cm³/mol. The predicted octanol–water partition coefficient (Wildman–Crippen LogP) is 20.9. The van der Waals surface area contributed by atoms with Gasteiger partial charge in [-0.05, 0) is 96.3 Å². The molecule has 6 heteroatoms. The Balaban J connectivity index is 4.45. The van der Waals surface area contributed by atoms with Crippen LogP contribution in [-0.2, 0) is 28.6 Å². The van der Waals surface area contributed by atoms with E-state index in [1.165, 1.54) is 141 Å². The third-order valence-electron chi connectivity index (χ3n) is 13.1. The van der Waals surface area contributed by atoms with Crippen LogP contribution in [0.4, 0.5) is 0 Å². The Hall–Kier alpha value is -3.67. The van der Waals surface area contributed by atoms with Gasteiger partial charge in [-0.2, -0.15) is 0 Å². The highest BCUT2D eigenvalue weighted by Crippen LogP contribution is 2.16. The summed E-state index contributed by atoms with van der Waals surface area (Å²) in [4.78, 5) is 38.2. The highest BCUT2D eigenvalue weighted by molar-refractivity contribution is 5.71. The molecule has 0 aliphatic rings. The van der Waals surface area contributed by atoms with E-state index in [1.807, 2.05) is 0 Å². The number of hydrogen-bond acceptors (Lipinski definition) is 6. The Bertz CT molecular complexity index is 1440. The molecule has 0 aromatic carbocycles. The van der Waals surface area contributed by atoms with Crippen molar-refractivity contribution in [1.82, 2.24) is 0 Å². The molecule has 73 heavy (non-hydrogen) atoms. The summed E-state index contributed by atoms with van der Waals surface area (Å²) in [6.07, 6.45) is 81.3. The van der Waals surface area contributed by atoms with Crippen molar-refractivity contribution in [2.24, 2.45) is 0 Å². The molecule has 0 heterocycles. The monoisotopic (exact) mass is 1010 g/mol. The van der Waals surface area contributed by atoms with E-state index in [9.17, 15) is 14.4 Å². The zero-order valence-electron chi connectivity index (χ0n) is 47.9. The lowest BCUT2D eigenvalue weighted by atomic mass is 10.0. The molecule has 0 rings (SSSR count). The van der Waals surface area contributed by atoms with Gasteiger partial charge >= 0.3 is 17.9 Å². The standard InChI is InChI=1S/C67H114O6/c1-4-7-10-13-16-19-22-25-28-31-32-33-34-37-39-42-45-48-51-54-57-60-66(69)72-63-64(73-67(70)61-58-55-52-49-46-43-40-36-30-27-24-21-18-15-12-9-6-3)62-71-65(68)59-56-53-50-47-44-41-38-35-29-26-23-20-17-14-11-8-5-2/h8,11,17-18,20-21,26-27,29-30,38,40-41,43,49,52,64H,4-7,9-10,12-16,19,22-25,28,31-37,39,42,44-48,50-51,53-63H2,1-3H3/b11-8-,20-17-,21-18-,29-26-,30-27-,41-38-,43-40-,52-49-/t64-/m1/s1. The molecule has 0 bridgehead atoms. The molecule has 0 fully saturated rings. The van der Waals surface area contributed by atoms with E-state index in [0.29, 0.717) is 19.3 Å². The van der Waals surface area contributed by atoms with E-state index < -0.39 is 6.10 Å². The summed E-state index contributed by atoms with van der Waals surface area (Å²) in [6.45, 7) is 6.46. The van der Waals surface area contributed by atoms with Gasteiger partial charge in [0.2, 0.25) is 0 Å². The van der Waals surface area contributed by atoms with Crippen LogP contribution < -0.4 is 0 Å². The third-order valence-corrected chi connectivity index (χ3v) is 13.1. The third kappa shape index (κ3) is 59.1. The number of carbonyl (C=O) groups excluding carboxylic acids is 3. The van der Waals surface area contributed by atoms with Crippen LogP contribution in [0.2, 0.25) is 0 Å². The first-order valence-electron chi connectivity index (χ1n) is 30.7. The van der Waals surface area contributed by atoms with Gasteiger partial charge in [-0.15, -0.1) is 0 Å². The van der Waals surface area contributed by atoms with Crippen LogP contribution in [0.5, 0.6) is 0 Å². The highest BCUT2D eigenvalue weighted by atomic mass is 16.6. The second kappa shape index (κ2) is 60.9. The van der Waals surface area contributed by atoms with E-state index in [0.717, 1.165) is 103 Å². The lowest BCUT2D eigenvalue weighted by Crippen LogP contribution is -2.30. The minimum atomic E-state index is -0.817. The summed E-state index contributed by atoms with van der Waals surface area (Å²) >= 11 is 0. The molecule has 1 atom stereocenters. The van der Waals surface area contributed by atoms with Crippen molar-refractivity contribution in [3.05, 3.63) is 97.2 Å². The molecule has 0 aromatic rings. The second-order valence-corrected chi connectivity index (χ2v) is 20.2. The second-order valence-electron chi connectivity index (χ2n) is 20.2. The first-order valence-corrected chi connectivity index (χ1v) is 30.7. The molecule has 0 N–H and O–H groups in total. The number of ether oxygens (including phenoxy) is 3. The van der Waals surface area contributed by atoms with Gasteiger partial charge in [-0.25, -0.2) is 0 Å². The Kier molecular flexibility index (Phi) is 57.8. The number of allylic oxidation sites excluding steroid dienone is 16. The van der Waals surface area contributed by atoms with Crippen molar-refractivity contribution in [2.45, 2.75) is 297 Å². The highest BCUT2D eigenvalue weighted by Gasteiger charge is 2.19. The minimum Gasteiger partial charge on any atom is -0.462 e. The molecule has 0 aromatic heterocycles. The molecule has 0 aliphatic heterocycles. The summed E-state index contributed by atoms with van der Waals surface area (Å²) in [5, 5.41) is 0. The van der Waals surface area contributed by atoms with E-state index in [-0.39, 0.29) is 37.5 Å². The smallest absolute Gasteiger partial charge is 0.306 e. The van der Waals surface area contributed by atoms with Gasteiger partial charge in [0.05, 0.1) is 0 Å². The average Bonchev–Trinajstić information content (AvgIpc) is 3.39. The molecule has 0 unspecified atom stereocenters. The maximum atomic E-state index is 12.9. The van der Waals surface area contributed by atoms with Crippen LogP contribution >= 0.6 is 0 Å². The summed E-state index contributed by atoms with van der Waals surface area (Å²) < 4.78 is 16.8. The number of rotatable bonds is 55. The van der Waals surface area contributed by atoms with Gasteiger partial charge in [0.1, 0.15) is 13.2 Å². The van der Waals surface area contributed by atoms with Crippen molar-refractivity contribution < 1.29 is 28.6 Å². The van der Waals surface area contributed by atoms with Gasteiger partial charge in [-0.3, -0.25) is 14.4 Å². The molecule has 418 valence electrons. The molecule has 0 radical (unpaired) electrons. The molecular formula is C67H114O6. The molecule has 6 nitrogen and oxygen atoms in total. The van der Waals surface area contributed by atoms with Crippen molar-refractivity contribution in [3.8, 4) is 0 Å². The summed E-state index contributed by atoms with van der Waals surface area (Å²) in [5.41, 5.74) is 0. The SMILES string of the molecule is CC/C=C\C/C=C\C/C=C\C/C=C\CCCCCCC(=O)OC[C@H](COC(=O)CCCCCCCCCCCCCCCCCCCCCCC)OC(=O)CCC/C=C\C/C=C\C/C=C\C/C=C\CCCCC. The van der Waals surface area contributed by atoms with Gasteiger partial charge in [0.15, 0.2) is 6.10 Å². The van der Waals surface area contributed by atoms with Crippen LogP contribution in [0.15, 0.2) is 97.2 Å². The molecule has 0 amide bonds. The Labute approximate surface area is 451 Å². The summed E-state index contributed by atoms with van der Waals surface area (Å²) in [5.74, 6) is -0.979. The van der Waals surface area contributed by atoms with Crippen molar-refractivity contribution in [1.29, 1.82) is 0 Å². The Morgan fingerprint density at radius 2 is 0.548 bits per heavy atom. The molecule has 0 saturated heterocycles. The fourth-order valence-electron chi connectivity index (χ4n) is 8.49. The largest absolute Gasteiger partial charge is 0.462 e. The van der Waals surface area contributed by atoms with Crippen LogP contribution in [0.25, 0.3) is 0 Å². The lowest BCUT2D eigenvalue weighted by Gasteiger charge is -2.18. The zero-order chi connectivity index (χ0) is 52.9. The van der Waals surface area contributed by atoms with Gasteiger partial charge in [-0.1, -0.05) is 272 Å². The fourth-order valence-corrected chi connectivity index (χ4v) is 8.49. The summed E-state index contributed by atoms with van der Waals surface area (Å²) in [7, 11) is 0. The zero-order valence-corrected chi connectivity index (χ0v) is 47.9. The van der Waals surface area contributed by atoms with E-state index >= 15 is 0 Å². The maximum absolute atomic E-state index is 12.9. The quantitative estimate of drug-likeness (QED) is 0.0261. The van der Waals surface area contributed by atoms with Crippen LogP contribution in [-0.4, -0.2) is 37.2 Å².